The molecule has 0 atom stereocenters. The van der Waals surface area contributed by atoms with Crippen molar-refractivity contribution in [1.82, 2.24) is 4.57 Å². The Morgan fingerprint density at radius 1 is 1.24 bits per heavy atom. The average molecular weight is 441 g/mol. The van der Waals surface area contributed by atoms with Crippen LogP contribution in [0, 0.1) is 0 Å². The number of methoxy groups -OCH3 is 1. The van der Waals surface area contributed by atoms with Gasteiger partial charge in [0.2, 0.25) is 4.80 Å². The van der Waals surface area contributed by atoms with E-state index in [1.807, 2.05) is 12.1 Å². The van der Waals surface area contributed by atoms with E-state index in [0.29, 0.717) is 5.52 Å². The molecule has 130 valence electrons. The SMILES string of the molecule is COC(=O)Cn1/c(=N/S(=O)(=O)c2ccccc2)sc2cc(Br)ccc21. The summed E-state index contributed by atoms with van der Waals surface area (Å²) in [4.78, 5) is 12.0. The lowest BCUT2D eigenvalue weighted by Crippen LogP contribution is -2.22. The predicted molar refractivity (Wildman–Crippen MR) is 98.7 cm³/mol. The molecule has 0 N–H and O–H groups in total. The second-order valence-electron chi connectivity index (χ2n) is 5.04. The Kier molecular flexibility index (Phi) is 5.07. The second kappa shape index (κ2) is 7.11. The molecule has 0 aliphatic heterocycles. The van der Waals surface area contributed by atoms with Crippen LogP contribution in [0.2, 0.25) is 0 Å². The highest BCUT2D eigenvalue weighted by atomic mass is 79.9. The number of ether oxygens (including phenoxy) is 1. The van der Waals surface area contributed by atoms with Gasteiger partial charge >= 0.3 is 5.97 Å². The van der Waals surface area contributed by atoms with Crippen LogP contribution in [-0.4, -0.2) is 26.1 Å². The van der Waals surface area contributed by atoms with E-state index in [2.05, 4.69) is 20.3 Å². The van der Waals surface area contributed by atoms with E-state index in [4.69, 9.17) is 4.74 Å². The zero-order chi connectivity index (χ0) is 18.0. The molecule has 0 amide bonds. The van der Waals surface area contributed by atoms with Gasteiger partial charge in [-0.3, -0.25) is 4.79 Å². The van der Waals surface area contributed by atoms with Gasteiger partial charge in [-0.2, -0.15) is 8.42 Å². The molecular weight excluding hydrogens is 428 g/mol. The van der Waals surface area contributed by atoms with Gasteiger partial charge in [-0.1, -0.05) is 45.5 Å². The summed E-state index contributed by atoms with van der Waals surface area (Å²) in [6.07, 6.45) is 0. The molecule has 0 bridgehead atoms. The second-order valence-corrected chi connectivity index (χ2v) is 8.57. The largest absolute Gasteiger partial charge is 0.468 e. The highest BCUT2D eigenvalue weighted by Crippen LogP contribution is 2.23. The number of fused-ring (bicyclic) bond motifs is 1. The average Bonchev–Trinajstić information content (AvgIpc) is 2.91. The fourth-order valence-corrected chi connectivity index (χ4v) is 5.02. The number of esters is 1. The Hall–Kier alpha value is -1.97. The summed E-state index contributed by atoms with van der Waals surface area (Å²) in [6.45, 7) is -0.124. The molecule has 0 fully saturated rings. The van der Waals surface area contributed by atoms with Crippen LogP contribution in [0.25, 0.3) is 10.2 Å². The number of carbonyl (C=O) groups excluding carboxylic acids is 1. The van der Waals surface area contributed by atoms with Gasteiger partial charge in [0.15, 0.2) is 0 Å². The lowest BCUT2D eigenvalue weighted by molar-refractivity contribution is -0.141. The van der Waals surface area contributed by atoms with Crippen molar-refractivity contribution in [2.75, 3.05) is 7.11 Å². The summed E-state index contributed by atoms with van der Waals surface area (Å²) in [7, 11) is -2.60. The Labute approximate surface area is 156 Å². The molecule has 1 heterocycles. The number of hydrogen-bond acceptors (Lipinski definition) is 5. The van der Waals surface area contributed by atoms with E-state index < -0.39 is 16.0 Å². The van der Waals surface area contributed by atoms with E-state index in [1.165, 1.54) is 30.6 Å². The predicted octanol–water partition coefficient (Wildman–Crippen LogP) is 2.93. The number of rotatable bonds is 4. The van der Waals surface area contributed by atoms with Crippen LogP contribution in [0.5, 0.6) is 0 Å². The number of halogens is 1. The van der Waals surface area contributed by atoms with Crippen molar-refractivity contribution in [3.05, 3.63) is 57.8 Å². The normalized spacial score (nSPS) is 12.5. The lowest BCUT2D eigenvalue weighted by Gasteiger charge is -2.04. The monoisotopic (exact) mass is 440 g/mol. The van der Waals surface area contributed by atoms with Crippen molar-refractivity contribution in [1.29, 1.82) is 0 Å². The van der Waals surface area contributed by atoms with Crippen LogP contribution < -0.4 is 4.80 Å². The highest BCUT2D eigenvalue weighted by Gasteiger charge is 2.16. The van der Waals surface area contributed by atoms with Crippen molar-refractivity contribution in [3.8, 4) is 0 Å². The molecule has 3 aromatic rings. The van der Waals surface area contributed by atoms with Crippen LogP contribution in [0.4, 0.5) is 0 Å². The van der Waals surface area contributed by atoms with E-state index in [1.54, 1.807) is 28.8 Å². The molecule has 0 aliphatic rings. The van der Waals surface area contributed by atoms with Gasteiger partial charge in [0.1, 0.15) is 6.54 Å². The van der Waals surface area contributed by atoms with Crippen molar-refractivity contribution in [2.24, 2.45) is 4.40 Å². The van der Waals surface area contributed by atoms with E-state index in [-0.39, 0.29) is 16.2 Å². The molecule has 25 heavy (non-hydrogen) atoms. The van der Waals surface area contributed by atoms with Gasteiger partial charge in [0, 0.05) is 4.47 Å². The maximum Gasteiger partial charge on any atom is 0.325 e. The Balaban J connectivity index is 2.24. The van der Waals surface area contributed by atoms with Crippen molar-refractivity contribution in [3.63, 3.8) is 0 Å². The third-order valence-corrected chi connectivity index (χ3v) is 6.33. The molecular formula is C16H13BrN2O4S2. The first-order valence-electron chi connectivity index (χ1n) is 7.12. The first-order valence-corrected chi connectivity index (χ1v) is 10.2. The molecule has 1 aromatic heterocycles. The molecule has 0 spiro atoms. The van der Waals surface area contributed by atoms with Gasteiger partial charge in [0.25, 0.3) is 10.0 Å². The Morgan fingerprint density at radius 3 is 2.64 bits per heavy atom. The van der Waals surface area contributed by atoms with Crippen LogP contribution in [0.15, 0.2) is 62.3 Å². The van der Waals surface area contributed by atoms with Gasteiger partial charge in [0.05, 0.1) is 22.2 Å². The summed E-state index contributed by atoms with van der Waals surface area (Å²) >= 11 is 4.58. The minimum absolute atomic E-state index is 0.0956. The van der Waals surface area contributed by atoms with Crippen LogP contribution in [0.3, 0.4) is 0 Å². The minimum Gasteiger partial charge on any atom is -0.468 e. The topological polar surface area (TPSA) is 77.7 Å². The minimum atomic E-state index is -3.89. The van der Waals surface area contributed by atoms with Crippen LogP contribution in [0.1, 0.15) is 0 Å². The van der Waals surface area contributed by atoms with Gasteiger partial charge in [-0.25, -0.2) is 0 Å². The molecule has 6 nitrogen and oxygen atoms in total. The molecule has 9 heteroatoms. The zero-order valence-electron chi connectivity index (χ0n) is 13.0. The fraction of sp³-hybridized carbons (Fsp3) is 0.125. The Morgan fingerprint density at radius 2 is 1.96 bits per heavy atom. The number of hydrogen-bond donors (Lipinski definition) is 0. The molecule has 0 radical (unpaired) electrons. The summed E-state index contributed by atoms with van der Waals surface area (Å²) in [6, 6.07) is 13.4. The number of thiazole rings is 1. The summed E-state index contributed by atoms with van der Waals surface area (Å²) < 4.78 is 37.0. The molecule has 3 rings (SSSR count). The molecule has 2 aromatic carbocycles. The number of carbonyl (C=O) groups is 1. The summed E-state index contributed by atoms with van der Waals surface area (Å²) in [5.74, 6) is -0.485. The first-order chi connectivity index (χ1) is 11.9. The van der Waals surface area contributed by atoms with Crippen LogP contribution in [-0.2, 0) is 26.1 Å². The smallest absolute Gasteiger partial charge is 0.325 e. The van der Waals surface area contributed by atoms with E-state index >= 15 is 0 Å². The zero-order valence-corrected chi connectivity index (χ0v) is 16.3. The highest BCUT2D eigenvalue weighted by molar-refractivity contribution is 9.10. The van der Waals surface area contributed by atoms with Gasteiger partial charge in [-0.15, -0.1) is 4.40 Å². The number of benzene rings is 2. The van der Waals surface area contributed by atoms with Crippen molar-refractivity contribution in [2.45, 2.75) is 11.4 Å². The van der Waals surface area contributed by atoms with Gasteiger partial charge in [-0.05, 0) is 30.3 Å². The molecule has 0 saturated carbocycles. The molecule has 0 unspecified atom stereocenters. The van der Waals surface area contributed by atoms with Crippen molar-refractivity contribution < 1.29 is 17.9 Å². The fourth-order valence-electron chi connectivity index (χ4n) is 2.21. The quantitative estimate of drug-likeness (QED) is 0.584. The van der Waals surface area contributed by atoms with Crippen molar-refractivity contribution >= 4 is 53.5 Å². The summed E-state index contributed by atoms with van der Waals surface area (Å²) in [5.41, 5.74) is 0.709. The molecule has 0 saturated heterocycles. The van der Waals surface area contributed by atoms with Crippen LogP contribution >= 0.6 is 27.3 Å². The molecule has 0 aliphatic carbocycles. The first kappa shape index (κ1) is 17.8. The summed E-state index contributed by atoms with van der Waals surface area (Å²) in [5, 5.41) is 0. The number of aromatic nitrogens is 1. The number of sulfonamides is 1. The number of nitrogens with zero attached hydrogens (tertiary/aromatic N) is 2. The van der Waals surface area contributed by atoms with E-state index in [9.17, 15) is 13.2 Å². The lowest BCUT2D eigenvalue weighted by atomic mass is 10.3. The Bertz CT molecular complexity index is 1100. The third-order valence-electron chi connectivity index (χ3n) is 3.40. The standard InChI is InChI=1S/C16H13BrN2O4S2/c1-23-15(20)10-19-13-8-7-11(17)9-14(13)24-16(19)18-25(21,22)12-5-3-2-4-6-12/h2-9H,10H2,1H3/b18-16-. The van der Waals surface area contributed by atoms with E-state index in [0.717, 1.165) is 9.17 Å². The van der Waals surface area contributed by atoms with Gasteiger partial charge < -0.3 is 9.30 Å². The maximum absolute atomic E-state index is 12.6. The maximum atomic E-state index is 12.6. The third kappa shape index (κ3) is 3.83.